The molecule has 0 N–H and O–H groups in total. The van der Waals surface area contributed by atoms with Crippen molar-refractivity contribution in [3.05, 3.63) is 47.0 Å². The lowest BCUT2D eigenvalue weighted by Gasteiger charge is -2.10. The molecular formula is C13H17Cl. The molecule has 0 bridgehead atoms. The van der Waals surface area contributed by atoms with Gasteiger partial charge in [0.05, 0.1) is 0 Å². The maximum absolute atomic E-state index is 6.11. The second kappa shape index (κ2) is 5.87. The first-order chi connectivity index (χ1) is 6.75. The highest BCUT2D eigenvalue weighted by Crippen LogP contribution is 2.26. The van der Waals surface area contributed by atoms with Gasteiger partial charge in [-0.15, -0.1) is 0 Å². The Labute approximate surface area is 91.6 Å². The molecule has 0 nitrogen and oxygen atoms in total. The van der Waals surface area contributed by atoms with Crippen LogP contribution in [0.15, 0.2) is 36.4 Å². The third-order valence-electron chi connectivity index (χ3n) is 2.33. The van der Waals surface area contributed by atoms with E-state index < -0.39 is 0 Å². The average Bonchev–Trinajstić information content (AvgIpc) is 2.18. The van der Waals surface area contributed by atoms with E-state index in [1.807, 2.05) is 18.2 Å². The lowest BCUT2D eigenvalue weighted by Crippen LogP contribution is -1.92. The van der Waals surface area contributed by atoms with Gasteiger partial charge in [0.2, 0.25) is 0 Å². The smallest absolute Gasteiger partial charge is 0.0440 e. The van der Waals surface area contributed by atoms with Crippen LogP contribution in [0.5, 0.6) is 0 Å². The minimum atomic E-state index is 0.506. The molecule has 0 fully saturated rings. The Morgan fingerprint density at radius 3 is 2.64 bits per heavy atom. The van der Waals surface area contributed by atoms with Crippen LogP contribution >= 0.6 is 11.6 Å². The largest absolute Gasteiger partial charge is 0.0888 e. The zero-order chi connectivity index (χ0) is 10.4. The van der Waals surface area contributed by atoms with Gasteiger partial charge in [0.15, 0.2) is 0 Å². The quantitative estimate of drug-likeness (QED) is 0.624. The Morgan fingerprint density at radius 2 is 2.00 bits per heavy atom. The van der Waals surface area contributed by atoms with Crippen molar-refractivity contribution in [1.82, 2.24) is 0 Å². The summed E-state index contributed by atoms with van der Waals surface area (Å²) in [6.07, 6.45) is 6.61. The van der Waals surface area contributed by atoms with Crippen LogP contribution in [0, 0.1) is 0 Å². The molecule has 0 saturated heterocycles. The Hall–Kier alpha value is -0.750. The first-order valence-corrected chi connectivity index (χ1v) is 5.53. The second-order valence-electron chi connectivity index (χ2n) is 3.54. The minimum Gasteiger partial charge on any atom is -0.0888 e. The summed E-state index contributed by atoms with van der Waals surface area (Å²) in [5, 5.41) is 0.880. The third-order valence-corrected chi connectivity index (χ3v) is 2.67. The van der Waals surface area contributed by atoms with Crippen LogP contribution in [0.2, 0.25) is 5.02 Å². The van der Waals surface area contributed by atoms with Crippen molar-refractivity contribution < 1.29 is 0 Å². The van der Waals surface area contributed by atoms with E-state index in [4.69, 9.17) is 11.6 Å². The summed E-state index contributed by atoms with van der Waals surface area (Å²) in [7, 11) is 0. The molecule has 0 saturated carbocycles. The number of benzene rings is 1. The molecule has 0 aliphatic heterocycles. The molecule has 1 aromatic carbocycles. The maximum atomic E-state index is 6.11. The normalized spacial score (nSPS) is 13.4. The van der Waals surface area contributed by atoms with Crippen LogP contribution in [-0.2, 0) is 0 Å². The molecule has 0 amide bonds. The Balaban J connectivity index is 2.65. The molecule has 14 heavy (non-hydrogen) atoms. The molecule has 1 rings (SSSR count). The number of allylic oxidation sites excluding steroid dienone is 2. The summed E-state index contributed by atoms with van der Waals surface area (Å²) in [4.78, 5) is 0. The monoisotopic (exact) mass is 208 g/mol. The number of halogens is 1. The van der Waals surface area contributed by atoms with Crippen LogP contribution < -0.4 is 0 Å². The van der Waals surface area contributed by atoms with Crippen LogP contribution in [0.4, 0.5) is 0 Å². The summed E-state index contributed by atoms with van der Waals surface area (Å²) < 4.78 is 0. The summed E-state index contributed by atoms with van der Waals surface area (Å²) in [6.45, 7) is 4.36. The standard InChI is InChI=1S/C13H17Cl/c1-3-4-5-8-11(2)12-9-6-7-10-13(12)14/h4-7,9-11H,3,8H2,1-2H3/b5-4-. The summed E-state index contributed by atoms with van der Waals surface area (Å²) in [6, 6.07) is 8.07. The molecule has 1 aromatic rings. The fourth-order valence-corrected chi connectivity index (χ4v) is 1.79. The molecule has 0 aromatic heterocycles. The molecule has 0 spiro atoms. The van der Waals surface area contributed by atoms with Crippen LogP contribution in [0.1, 0.15) is 38.2 Å². The van der Waals surface area contributed by atoms with Gasteiger partial charge in [-0.1, -0.05) is 55.8 Å². The Kier molecular flexibility index (Phi) is 4.75. The number of hydrogen-bond acceptors (Lipinski definition) is 0. The zero-order valence-electron chi connectivity index (χ0n) is 8.83. The molecule has 76 valence electrons. The number of rotatable bonds is 4. The first kappa shape index (κ1) is 11.3. The molecule has 0 aliphatic rings. The highest BCUT2D eigenvalue weighted by molar-refractivity contribution is 6.31. The maximum Gasteiger partial charge on any atom is 0.0440 e. The van der Waals surface area contributed by atoms with Crippen molar-refractivity contribution >= 4 is 11.6 Å². The van der Waals surface area contributed by atoms with E-state index in [9.17, 15) is 0 Å². The van der Waals surface area contributed by atoms with Gasteiger partial charge in [0.1, 0.15) is 0 Å². The lowest BCUT2D eigenvalue weighted by atomic mass is 9.97. The lowest BCUT2D eigenvalue weighted by molar-refractivity contribution is 0.779. The third kappa shape index (κ3) is 3.19. The molecule has 1 heteroatoms. The number of hydrogen-bond donors (Lipinski definition) is 0. The molecule has 0 radical (unpaired) electrons. The first-order valence-electron chi connectivity index (χ1n) is 5.15. The minimum absolute atomic E-state index is 0.506. The van der Waals surface area contributed by atoms with Gasteiger partial charge in [0, 0.05) is 5.02 Å². The van der Waals surface area contributed by atoms with Crippen molar-refractivity contribution in [2.45, 2.75) is 32.6 Å². The average molecular weight is 209 g/mol. The Morgan fingerprint density at radius 1 is 1.29 bits per heavy atom. The van der Waals surface area contributed by atoms with E-state index in [2.05, 4.69) is 32.1 Å². The summed E-state index contributed by atoms with van der Waals surface area (Å²) in [5.74, 6) is 0.506. The predicted octanol–water partition coefficient (Wildman–Crippen LogP) is 4.80. The highest BCUT2D eigenvalue weighted by Gasteiger charge is 2.06. The second-order valence-corrected chi connectivity index (χ2v) is 3.95. The van der Waals surface area contributed by atoms with E-state index in [0.29, 0.717) is 5.92 Å². The molecule has 1 atom stereocenters. The van der Waals surface area contributed by atoms with Gasteiger partial charge in [-0.2, -0.15) is 0 Å². The van der Waals surface area contributed by atoms with E-state index in [1.54, 1.807) is 0 Å². The molecule has 0 heterocycles. The van der Waals surface area contributed by atoms with E-state index in [-0.39, 0.29) is 0 Å². The van der Waals surface area contributed by atoms with Crippen molar-refractivity contribution in [2.75, 3.05) is 0 Å². The van der Waals surface area contributed by atoms with Crippen LogP contribution in [0.25, 0.3) is 0 Å². The van der Waals surface area contributed by atoms with Gasteiger partial charge < -0.3 is 0 Å². The van der Waals surface area contributed by atoms with E-state index in [0.717, 1.165) is 17.9 Å². The Bertz CT molecular complexity index is 302. The molecule has 0 aliphatic carbocycles. The van der Waals surface area contributed by atoms with Crippen molar-refractivity contribution in [1.29, 1.82) is 0 Å². The summed E-state index contributed by atoms with van der Waals surface area (Å²) >= 11 is 6.11. The SMILES string of the molecule is CC/C=C\CC(C)c1ccccc1Cl. The summed E-state index contributed by atoms with van der Waals surface area (Å²) in [5.41, 5.74) is 1.25. The fourth-order valence-electron chi connectivity index (χ4n) is 1.47. The van der Waals surface area contributed by atoms with E-state index >= 15 is 0 Å². The van der Waals surface area contributed by atoms with Crippen molar-refractivity contribution in [2.24, 2.45) is 0 Å². The van der Waals surface area contributed by atoms with Crippen LogP contribution in [0.3, 0.4) is 0 Å². The van der Waals surface area contributed by atoms with Gasteiger partial charge >= 0.3 is 0 Å². The van der Waals surface area contributed by atoms with E-state index in [1.165, 1.54) is 5.56 Å². The molecule has 1 unspecified atom stereocenters. The van der Waals surface area contributed by atoms with Gasteiger partial charge in [-0.05, 0) is 30.4 Å². The highest BCUT2D eigenvalue weighted by atomic mass is 35.5. The predicted molar refractivity (Wildman–Crippen MR) is 63.9 cm³/mol. The zero-order valence-corrected chi connectivity index (χ0v) is 9.59. The molecular weight excluding hydrogens is 192 g/mol. The fraction of sp³-hybridized carbons (Fsp3) is 0.385. The topological polar surface area (TPSA) is 0 Å². The van der Waals surface area contributed by atoms with Gasteiger partial charge in [-0.3, -0.25) is 0 Å². The van der Waals surface area contributed by atoms with Crippen LogP contribution in [-0.4, -0.2) is 0 Å². The van der Waals surface area contributed by atoms with Gasteiger partial charge in [-0.25, -0.2) is 0 Å². The van der Waals surface area contributed by atoms with Crippen molar-refractivity contribution in [3.63, 3.8) is 0 Å². The van der Waals surface area contributed by atoms with Gasteiger partial charge in [0.25, 0.3) is 0 Å². The van der Waals surface area contributed by atoms with Crippen molar-refractivity contribution in [3.8, 4) is 0 Å².